The molecule has 0 aliphatic carbocycles. The van der Waals surface area contributed by atoms with Crippen LogP contribution in [0.2, 0.25) is 5.02 Å². The molecule has 0 heterocycles. The van der Waals surface area contributed by atoms with Gasteiger partial charge in [-0.2, -0.15) is 0 Å². The van der Waals surface area contributed by atoms with E-state index in [1.807, 2.05) is 0 Å². The fourth-order valence-electron chi connectivity index (χ4n) is 2.25. The standard InChI is InChI=1S/C17H18ClN3O5S/c1-17(2,3)20-27(25,26)13-6-4-5-12(10-13)19-16(22)14-9-11(18)7-8-15(14)21(23)24/h4-10,20H,1-3H3,(H,19,22). The number of carbonyl (C=O) groups is 1. The maximum Gasteiger partial charge on any atom is 0.282 e. The van der Waals surface area contributed by atoms with Gasteiger partial charge >= 0.3 is 0 Å². The number of rotatable bonds is 5. The number of sulfonamides is 1. The van der Waals surface area contributed by atoms with E-state index in [0.717, 1.165) is 6.07 Å². The van der Waals surface area contributed by atoms with Crippen molar-refractivity contribution in [2.24, 2.45) is 0 Å². The third kappa shape index (κ3) is 5.49. The number of nitro benzene ring substituents is 1. The van der Waals surface area contributed by atoms with E-state index in [1.165, 1.54) is 36.4 Å². The number of hydrogen-bond acceptors (Lipinski definition) is 5. The van der Waals surface area contributed by atoms with Crippen LogP contribution in [-0.4, -0.2) is 24.8 Å². The van der Waals surface area contributed by atoms with E-state index < -0.39 is 32.1 Å². The second-order valence-corrected chi connectivity index (χ2v) is 8.87. The summed E-state index contributed by atoms with van der Waals surface area (Å²) in [6, 6.07) is 9.20. The maximum atomic E-state index is 12.4. The first-order valence-corrected chi connectivity index (χ1v) is 9.64. The molecule has 0 radical (unpaired) electrons. The minimum Gasteiger partial charge on any atom is -0.322 e. The zero-order chi connectivity index (χ0) is 20.4. The van der Waals surface area contributed by atoms with E-state index in [-0.39, 0.29) is 21.2 Å². The highest BCUT2D eigenvalue weighted by Crippen LogP contribution is 2.24. The average Bonchev–Trinajstić information content (AvgIpc) is 2.52. The highest BCUT2D eigenvalue weighted by molar-refractivity contribution is 7.89. The Labute approximate surface area is 161 Å². The third-order valence-corrected chi connectivity index (χ3v) is 5.23. The maximum absolute atomic E-state index is 12.4. The van der Waals surface area contributed by atoms with Crippen LogP contribution in [0.1, 0.15) is 31.1 Å². The second kappa shape index (κ2) is 7.63. The number of carbonyl (C=O) groups excluding carboxylic acids is 1. The van der Waals surface area contributed by atoms with E-state index in [2.05, 4.69) is 10.0 Å². The van der Waals surface area contributed by atoms with Crippen LogP contribution >= 0.6 is 11.6 Å². The summed E-state index contributed by atoms with van der Waals surface area (Å²) in [7, 11) is -3.80. The lowest BCUT2D eigenvalue weighted by atomic mass is 10.1. The average molecular weight is 412 g/mol. The largest absolute Gasteiger partial charge is 0.322 e. The zero-order valence-electron chi connectivity index (χ0n) is 14.8. The molecular formula is C17H18ClN3O5S. The van der Waals surface area contributed by atoms with Gasteiger partial charge in [0.1, 0.15) is 5.56 Å². The molecule has 0 saturated carbocycles. The van der Waals surface area contributed by atoms with Crippen LogP contribution in [0.3, 0.4) is 0 Å². The monoisotopic (exact) mass is 411 g/mol. The summed E-state index contributed by atoms with van der Waals surface area (Å²) in [6.07, 6.45) is 0. The minimum absolute atomic E-state index is 0.0455. The Hall–Kier alpha value is -2.49. The van der Waals surface area contributed by atoms with Gasteiger partial charge in [0.2, 0.25) is 10.0 Å². The minimum atomic E-state index is -3.80. The lowest BCUT2D eigenvalue weighted by Crippen LogP contribution is -2.40. The van der Waals surface area contributed by atoms with Crippen molar-refractivity contribution in [1.82, 2.24) is 4.72 Å². The van der Waals surface area contributed by atoms with Crippen LogP contribution in [0.4, 0.5) is 11.4 Å². The van der Waals surface area contributed by atoms with Gasteiger partial charge in [-0.05, 0) is 51.1 Å². The number of amides is 1. The molecule has 8 nitrogen and oxygen atoms in total. The molecule has 1 amide bonds. The molecule has 0 atom stereocenters. The van der Waals surface area contributed by atoms with Crippen LogP contribution in [0.25, 0.3) is 0 Å². The van der Waals surface area contributed by atoms with E-state index in [1.54, 1.807) is 20.8 Å². The quantitative estimate of drug-likeness (QED) is 0.575. The lowest BCUT2D eigenvalue weighted by Gasteiger charge is -2.20. The Morgan fingerprint density at radius 3 is 2.41 bits per heavy atom. The van der Waals surface area contributed by atoms with E-state index in [4.69, 9.17) is 11.6 Å². The molecule has 0 aliphatic rings. The molecule has 0 aromatic heterocycles. The van der Waals surface area contributed by atoms with Gasteiger partial charge in [0.15, 0.2) is 0 Å². The summed E-state index contributed by atoms with van der Waals surface area (Å²) in [5.41, 5.74) is -1.14. The summed E-state index contributed by atoms with van der Waals surface area (Å²) in [6.45, 7) is 5.11. The second-order valence-electron chi connectivity index (χ2n) is 6.76. The predicted octanol–water partition coefficient (Wildman–Crippen LogP) is 3.58. The highest BCUT2D eigenvalue weighted by atomic mass is 35.5. The fraction of sp³-hybridized carbons (Fsp3) is 0.235. The topological polar surface area (TPSA) is 118 Å². The molecule has 27 heavy (non-hydrogen) atoms. The molecule has 2 aromatic carbocycles. The normalized spacial score (nSPS) is 11.9. The summed E-state index contributed by atoms with van der Waals surface area (Å²) in [5, 5.41) is 13.7. The first-order chi connectivity index (χ1) is 12.4. The molecule has 2 aromatic rings. The number of halogens is 1. The smallest absolute Gasteiger partial charge is 0.282 e. The van der Waals surface area contributed by atoms with Crippen molar-refractivity contribution in [3.8, 4) is 0 Å². The lowest BCUT2D eigenvalue weighted by molar-refractivity contribution is -0.385. The van der Waals surface area contributed by atoms with Crippen molar-refractivity contribution in [2.45, 2.75) is 31.2 Å². The zero-order valence-corrected chi connectivity index (χ0v) is 16.4. The SMILES string of the molecule is CC(C)(C)NS(=O)(=O)c1cccc(NC(=O)c2cc(Cl)ccc2[N+](=O)[O-])c1. The Bertz CT molecular complexity index is 1000. The number of hydrogen-bond donors (Lipinski definition) is 2. The molecule has 2 N–H and O–H groups in total. The van der Waals surface area contributed by atoms with Crippen LogP contribution < -0.4 is 10.0 Å². The number of benzene rings is 2. The summed E-state index contributed by atoms with van der Waals surface area (Å²) >= 11 is 5.82. The Morgan fingerprint density at radius 1 is 1.15 bits per heavy atom. The Morgan fingerprint density at radius 2 is 1.81 bits per heavy atom. The van der Waals surface area contributed by atoms with E-state index in [0.29, 0.717) is 0 Å². The third-order valence-electron chi connectivity index (χ3n) is 3.24. The molecule has 2 rings (SSSR count). The highest BCUT2D eigenvalue weighted by Gasteiger charge is 2.23. The van der Waals surface area contributed by atoms with Gasteiger partial charge in [0.05, 0.1) is 9.82 Å². The van der Waals surface area contributed by atoms with Crippen molar-refractivity contribution in [2.75, 3.05) is 5.32 Å². The van der Waals surface area contributed by atoms with E-state index in [9.17, 15) is 23.3 Å². The van der Waals surface area contributed by atoms with Crippen molar-refractivity contribution in [3.05, 3.63) is 63.2 Å². The van der Waals surface area contributed by atoms with Crippen LogP contribution in [-0.2, 0) is 10.0 Å². The molecule has 0 saturated heterocycles. The number of nitrogens with one attached hydrogen (secondary N) is 2. The van der Waals surface area contributed by atoms with Crippen LogP contribution in [0, 0.1) is 10.1 Å². The first kappa shape index (κ1) is 20.8. The molecule has 0 unspecified atom stereocenters. The molecule has 0 spiro atoms. The number of anilines is 1. The van der Waals surface area contributed by atoms with E-state index >= 15 is 0 Å². The van der Waals surface area contributed by atoms with Gasteiger partial charge in [-0.1, -0.05) is 17.7 Å². The van der Waals surface area contributed by atoms with Gasteiger partial charge < -0.3 is 5.32 Å². The van der Waals surface area contributed by atoms with Crippen molar-refractivity contribution < 1.29 is 18.1 Å². The fourth-order valence-corrected chi connectivity index (χ4v) is 3.89. The van der Waals surface area contributed by atoms with Gasteiger partial charge in [-0.15, -0.1) is 0 Å². The summed E-state index contributed by atoms with van der Waals surface area (Å²) in [4.78, 5) is 22.8. The van der Waals surface area contributed by atoms with Gasteiger partial charge in [0, 0.05) is 22.3 Å². The summed E-state index contributed by atoms with van der Waals surface area (Å²) in [5.74, 6) is -0.775. The van der Waals surface area contributed by atoms with Gasteiger partial charge in [-0.25, -0.2) is 13.1 Å². The van der Waals surface area contributed by atoms with Crippen LogP contribution in [0.15, 0.2) is 47.4 Å². The van der Waals surface area contributed by atoms with Gasteiger partial charge in [0.25, 0.3) is 11.6 Å². The Kier molecular flexibility index (Phi) is 5.88. The molecule has 0 fully saturated rings. The van der Waals surface area contributed by atoms with Crippen LogP contribution in [0.5, 0.6) is 0 Å². The van der Waals surface area contributed by atoms with Gasteiger partial charge in [-0.3, -0.25) is 14.9 Å². The summed E-state index contributed by atoms with van der Waals surface area (Å²) < 4.78 is 27.3. The molecule has 10 heteroatoms. The van der Waals surface area contributed by atoms with Crippen molar-refractivity contribution in [1.29, 1.82) is 0 Å². The molecule has 0 bridgehead atoms. The molecular weight excluding hydrogens is 394 g/mol. The first-order valence-electron chi connectivity index (χ1n) is 7.78. The molecule has 144 valence electrons. The van der Waals surface area contributed by atoms with Crippen molar-refractivity contribution >= 4 is 38.9 Å². The molecule has 0 aliphatic heterocycles. The number of nitro groups is 1. The van der Waals surface area contributed by atoms with Crippen molar-refractivity contribution in [3.63, 3.8) is 0 Å². The predicted molar refractivity (Wildman–Crippen MR) is 103 cm³/mol. The number of nitrogens with zero attached hydrogens (tertiary/aromatic N) is 1. The Balaban J connectivity index is 2.33.